The van der Waals surface area contributed by atoms with Crippen molar-refractivity contribution in [2.75, 3.05) is 13.2 Å². The summed E-state index contributed by atoms with van der Waals surface area (Å²) in [6.45, 7) is 6.43. The molecule has 0 N–H and O–H groups in total. The lowest BCUT2D eigenvalue weighted by Crippen LogP contribution is -2.30. The molecule has 0 spiro atoms. The highest BCUT2D eigenvalue weighted by Crippen LogP contribution is 2.15. The van der Waals surface area contributed by atoms with Crippen molar-refractivity contribution in [3.05, 3.63) is 109 Å². The summed E-state index contributed by atoms with van der Waals surface area (Å²) in [4.78, 5) is 38.1. The summed E-state index contributed by atoms with van der Waals surface area (Å²) >= 11 is 0. The number of rotatable bonds is 53. The lowest BCUT2D eigenvalue weighted by molar-refractivity contribution is -0.167. The highest BCUT2D eigenvalue weighted by Gasteiger charge is 2.19. The van der Waals surface area contributed by atoms with Crippen molar-refractivity contribution in [3.8, 4) is 0 Å². The smallest absolute Gasteiger partial charge is 0.306 e. The summed E-state index contributed by atoms with van der Waals surface area (Å²) in [5.41, 5.74) is 0. The van der Waals surface area contributed by atoms with Crippen LogP contribution >= 0.6 is 0 Å². The largest absolute Gasteiger partial charge is 0.462 e. The first-order valence-electron chi connectivity index (χ1n) is 29.9. The zero-order valence-electron chi connectivity index (χ0n) is 46.9. The Morgan fingerprint density at radius 1 is 0.292 bits per heavy atom. The number of ether oxygens (including phenoxy) is 3. The number of unbranched alkanes of at least 4 members (excludes halogenated alkanes) is 24. The molecule has 0 aromatic carbocycles. The molecule has 72 heavy (non-hydrogen) atoms. The van der Waals surface area contributed by atoms with E-state index < -0.39 is 6.10 Å². The number of hydrogen-bond acceptors (Lipinski definition) is 6. The van der Waals surface area contributed by atoms with E-state index in [4.69, 9.17) is 14.2 Å². The molecule has 0 heterocycles. The van der Waals surface area contributed by atoms with Crippen LogP contribution in [-0.2, 0) is 28.6 Å². The number of carbonyl (C=O) groups is 3. The first-order chi connectivity index (χ1) is 35.5. The second-order valence-corrected chi connectivity index (χ2v) is 19.5. The van der Waals surface area contributed by atoms with Gasteiger partial charge >= 0.3 is 17.9 Å². The molecule has 0 saturated heterocycles. The van der Waals surface area contributed by atoms with Gasteiger partial charge in [0.1, 0.15) is 13.2 Å². The van der Waals surface area contributed by atoms with Crippen molar-refractivity contribution in [1.82, 2.24) is 0 Å². The highest BCUT2D eigenvalue weighted by atomic mass is 16.6. The Morgan fingerprint density at radius 2 is 0.569 bits per heavy atom. The van der Waals surface area contributed by atoms with Gasteiger partial charge in [0.15, 0.2) is 6.10 Å². The second kappa shape index (κ2) is 59.6. The van der Waals surface area contributed by atoms with Crippen molar-refractivity contribution in [2.24, 2.45) is 0 Å². The van der Waals surface area contributed by atoms with Crippen LogP contribution in [0, 0.1) is 0 Å². The molecule has 1 atom stereocenters. The summed E-state index contributed by atoms with van der Waals surface area (Å²) in [6.07, 6.45) is 80.9. The van der Waals surface area contributed by atoms with Crippen LogP contribution in [0.3, 0.4) is 0 Å². The SMILES string of the molecule is CC/C=C\C/C=C\C/C=C\C/C=C\C/C=C\C/C=C\C/C=C\CCCCCC(=O)OCC(COC(=O)CCCCCCC/C=C\CCC)OC(=O)CCCCCCCCCCC/C=C\CCCCCCCC. The quantitative estimate of drug-likeness (QED) is 0.0261. The molecule has 0 radical (unpaired) electrons. The average molecular weight is 1000 g/mol. The minimum atomic E-state index is -0.798. The Hall–Kier alpha value is -3.93. The van der Waals surface area contributed by atoms with Gasteiger partial charge in [0.05, 0.1) is 0 Å². The molecule has 0 fully saturated rings. The third-order valence-electron chi connectivity index (χ3n) is 12.5. The normalized spacial score (nSPS) is 12.9. The molecule has 0 rings (SSSR count). The Balaban J connectivity index is 4.37. The molecular formula is C66H110O6. The standard InChI is InChI=1S/C66H110O6/c1-4-7-10-13-16-19-22-24-26-28-30-31-32-33-34-35-37-38-40-42-44-47-50-53-56-59-65(68)71-62-63(61-70-64(67)58-55-52-49-46-21-18-15-12-9-6-3)72-66(69)60-57-54-51-48-45-43-41-39-36-29-27-25-23-20-17-14-11-8-5-2/h7,10,12,15-16,19,24-27,30-31,33-34,37-38,42,44,63H,4-6,8-9,11,13-14,17-18,20-23,28-29,32,35-36,39-41,43,45-62H2,1-3H3/b10-7-,15-12-,19-16-,26-24-,27-25-,31-30-,34-33-,38-37-,44-42-. The minimum Gasteiger partial charge on any atom is -0.462 e. The van der Waals surface area contributed by atoms with E-state index in [1.807, 2.05) is 0 Å². The zero-order valence-corrected chi connectivity index (χ0v) is 46.9. The number of allylic oxidation sites excluding steroid dienone is 18. The second-order valence-electron chi connectivity index (χ2n) is 19.5. The van der Waals surface area contributed by atoms with Crippen molar-refractivity contribution in [3.63, 3.8) is 0 Å². The summed E-state index contributed by atoms with van der Waals surface area (Å²) in [5.74, 6) is -0.939. The molecule has 0 amide bonds. The fraction of sp³-hybridized carbons (Fsp3) is 0.682. The van der Waals surface area contributed by atoms with Crippen molar-refractivity contribution >= 4 is 17.9 Å². The first kappa shape index (κ1) is 68.1. The Labute approximate surface area is 444 Å². The molecule has 410 valence electrons. The maximum atomic E-state index is 12.9. The predicted octanol–water partition coefficient (Wildman–Crippen LogP) is 20.3. The molecule has 0 aromatic rings. The van der Waals surface area contributed by atoms with Crippen molar-refractivity contribution in [1.29, 1.82) is 0 Å². The molecule has 6 nitrogen and oxygen atoms in total. The molecule has 0 aromatic heterocycles. The van der Waals surface area contributed by atoms with Gasteiger partial charge in [-0.2, -0.15) is 0 Å². The molecular weight excluding hydrogens is 889 g/mol. The lowest BCUT2D eigenvalue weighted by Gasteiger charge is -2.18. The maximum absolute atomic E-state index is 12.9. The van der Waals surface area contributed by atoms with Crippen LogP contribution in [0.1, 0.15) is 271 Å². The van der Waals surface area contributed by atoms with E-state index in [2.05, 4.69) is 130 Å². The van der Waals surface area contributed by atoms with Crippen LogP contribution in [-0.4, -0.2) is 37.2 Å². The average Bonchev–Trinajstić information content (AvgIpc) is 3.38. The molecule has 6 heteroatoms. The Morgan fingerprint density at radius 3 is 0.931 bits per heavy atom. The minimum absolute atomic E-state index is 0.0949. The molecule has 0 aliphatic rings. The molecule has 0 aliphatic carbocycles. The van der Waals surface area contributed by atoms with Gasteiger partial charge in [0.25, 0.3) is 0 Å². The Kier molecular flexibility index (Phi) is 56.4. The summed E-state index contributed by atoms with van der Waals surface area (Å²) in [6, 6.07) is 0. The van der Waals surface area contributed by atoms with E-state index in [1.54, 1.807) is 0 Å². The van der Waals surface area contributed by atoms with Crippen LogP contribution in [0.15, 0.2) is 109 Å². The first-order valence-corrected chi connectivity index (χ1v) is 29.9. The van der Waals surface area contributed by atoms with Crippen LogP contribution in [0.5, 0.6) is 0 Å². The summed E-state index contributed by atoms with van der Waals surface area (Å²) in [5, 5.41) is 0. The van der Waals surface area contributed by atoms with Gasteiger partial charge in [-0.1, -0.05) is 239 Å². The lowest BCUT2D eigenvalue weighted by atomic mass is 10.1. The maximum Gasteiger partial charge on any atom is 0.306 e. The predicted molar refractivity (Wildman–Crippen MR) is 311 cm³/mol. The van der Waals surface area contributed by atoms with Gasteiger partial charge in [0, 0.05) is 19.3 Å². The van der Waals surface area contributed by atoms with Gasteiger partial charge < -0.3 is 14.2 Å². The number of hydrogen-bond donors (Lipinski definition) is 0. The van der Waals surface area contributed by atoms with E-state index in [0.29, 0.717) is 19.3 Å². The van der Waals surface area contributed by atoms with Crippen molar-refractivity contribution in [2.45, 2.75) is 277 Å². The fourth-order valence-corrected chi connectivity index (χ4v) is 8.01. The number of carbonyl (C=O) groups excluding carboxylic acids is 3. The Bertz CT molecular complexity index is 1470. The van der Waals surface area contributed by atoms with Gasteiger partial charge in [-0.05, 0) is 122 Å². The fourth-order valence-electron chi connectivity index (χ4n) is 8.01. The van der Waals surface area contributed by atoms with Gasteiger partial charge in [0.2, 0.25) is 0 Å². The van der Waals surface area contributed by atoms with E-state index in [9.17, 15) is 14.4 Å². The van der Waals surface area contributed by atoms with Crippen molar-refractivity contribution < 1.29 is 28.6 Å². The summed E-state index contributed by atoms with van der Waals surface area (Å²) < 4.78 is 16.8. The monoisotopic (exact) mass is 999 g/mol. The van der Waals surface area contributed by atoms with Crippen LogP contribution in [0.2, 0.25) is 0 Å². The summed E-state index contributed by atoms with van der Waals surface area (Å²) in [7, 11) is 0. The van der Waals surface area contributed by atoms with Crippen LogP contribution < -0.4 is 0 Å². The van der Waals surface area contributed by atoms with E-state index in [1.165, 1.54) is 103 Å². The third-order valence-corrected chi connectivity index (χ3v) is 12.5. The molecule has 1 unspecified atom stereocenters. The van der Waals surface area contributed by atoms with Gasteiger partial charge in [-0.3, -0.25) is 14.4 Å². The topological polar surface area (TPSA) is 78.9 Å². The van der Waals surface area contributed by atoms with E-state index in [0.717, 1.165) is 128 Å². The third kappa shape index (κ3) is 57.0. The van der Waals surface area contributed by atoms with Gasteiger partial charge in [-0.25, -0.2) is 0 Å². The zero-order chi connectivity index (χ0) is 52.2. The number of esters is 3. The highest BCUT2D eigenvalue weighted by molar-refractivity contribution is 5.71. The van der Waals surface area contributed by atoms with Crippen LogP contribution in [0.4, 0.5) is 0 Å². The molecule has 0 aliphatic heterocycles. The molecule has 0 bridgehead atoms. The van der Waals surface area contributed by atoms with E-state index in [-0.39, 0.29) is 31.1 Å². The van der Waals surface area contributed by atoms with Gasteiger partial charge in [-0.15, -0.1) is 0 Å². The van der Waals surface area contributed by atoms with E-state index >= 15 is 0 Å². The molecule has 0 saturated carbocycles. The van der Waals surface area contributed by atoms with Crippen LogP contribution in [0.25, 0.3) is 0 Å².